The lowest BCUT2D eigenvalue weighted by Crippen LogP contribution is -2.67. The number of nitrogens with zero attached hydrogens (tertiary/aromatic N) is 1. The molecule has 162 valence electrons. The quantitative estimate of drug-likeness (QED) is 0.551. The maximum absolute atomic E-state index is 14.5. The molecule has 9 heteroatoms. The Bertz CT molecular complexity index is 936. The van der Waals surface area contributed by atoms with Gasteiger partial charge >= 0.3 is 0 Å². The number of rotatable bonds is 8. The molecule has 0 atom stereocenters. The Morgan fingerprint density at radius 2 is 1.93 bits per heavy atom. The van der Waals surface area contributed by atoms with Crippen molar-refractivity contribution >= 4 is 29.0 Å². The summed E-state index contributed by atoms with van der Waals surface area (Å²) in [5.41, 5.74) is -1.04. The molecular formula is C21H24F3N3O2S. The maximum Gasteiger partial charge on any atom is 0.256 e. The van der Waals surface area contributed by atoms with Crippen LogP contribution in [0.15, 0.2) is 30.3 Å². The number of β-amino-alcohol motifs (C(OH)–C–C–N with tert-alkyl or cyclic N) is 1. The monoisotopic (exact) mass is 439 g/mol. The van der Waals surface area contributed by atoms with Crippen molar-refractivity contribution < 1.29 is 23.1 Å². The first-order valence-corrected chi connectivity index (χ1v) is 10.9. The van der Waals surface area contributed by atoms with E-state index in [0.29, 0.717) is 12.1 Å². The Morgan fingerprint density at radius 3 is 2.60 bits per heavy atom. The van der Waals surface area contributed by atoms with Crippen molar-refractivity contribution in [3.05, 3.63) is 58.9 Å². The molecule has 1 saturated heterocycles. The van der Waals surface area contributed by atoms with Crippen LogP contribution in [0.5, 0.6) is 0 Å². The molecule has 3 rings (SSSR count). The fraction of sp³-hybridized carbons (Fsp3) is 0.381. The zero-order valence-electron chi connectivity index (χ0n) is 16.8. The van der Waals surface area contributed by atoms with Gasteiger partial charge in [0, 0.05) is 18.8 Å². The van der Waals surface area contributed by atoms with E-state index in [1.165, 1.54) is 17.0 Å². The molecule has 5 nitrogen and oxygen atoms in total. The molecule has 0 aliphatic carbocycles. The van der Waals surface area contributed by atoms with E-state index >= 15 is 0 Å². The molecule has 3 N–H and O–H groups in total. The van der Waals surface area contributed by atoms with E-state index in [1.807, 2.05) is 6.26 Å². The SMILES string of the molecule is CSCCNCC1(O)CN(C(=O)c2ccc(F)c(F)c2Nc2ccc(C)cc2F)C1. The van der Waals surface area contributed by atoms with Crippen LogP contribution in [-0.4, -0.2) is 59.7 Å². The van der Waals surface area contributed by atoms with Crippen molar-refractivity contribution in [1.29, 1.82) is 0 Å². The number of carbonyl (C=O) groups excluding carboxylic acids is 1. The lowest BCUT2D eigenvalue weighted by molar-refractivity contribution is -0.0782. The molecule has 0 saturated carbocycles. The first-order valence-electron chi connectivity index (χ1n) is 9.46. The molecule has 0 spiro atoms. The van der Waals surface area contributed by atoms with Gasteiger partial charge in [-0.25, -0.2) is 13.2 Å². The lowest BCUT2D eigenvalue weighted by atomic mass is 9.93. The number of aliphatic hydroxyl groups is 1. The molecule has 0 radical (unpaired) electrons. The fourth-order valence-corrected chi connectivity index (χ4v) is 3.64. The number of halogens is 3. The first-order chi connectivity index (χ1) is 14.2. The Labute approximate surface area is 177 Å². The van der Waals surface area contributed by atoms with Gasteiger partial charge in [0.25, 0.3) is 5.91 Å². The van der Waals surface area contributed by atoms with E-state index in [1.54, 1.807) is 24.8 Å². The Kier molecular flexibility index (Phi) is 6.95. The van der Waals surface area contributed by atoms with Crippen molar-refractivity contribution in [2.45, 2.75) is 12.5 Å². The van der Waals surface area contributed by atoms with Gasteiger partial charge in [0.1, 0.15) is 11.4 Å². The van der Waals surface area contributed by atoms with E-state index in [9.17, 15) is 23.1 Å². The summed E-state index contributed by atoms with van der Waals surface area (Å²) < 4.78 is 42.5. The molecule has 1 fully saturated rings. The minimum atomic E-state index is -1.27. The maximum atomic E-state index is 14.5. The summed E-state index contributed by atoms with van der Waals surface area (Å²) in [5, 5.41) is 16.1. The van der Waals surface area contributed by atoms with Gasteiger partial charge in [0.05, 0.1) is 30.0 Å². The van der Waals surface area contributed by atoms with E-state index < -0.39 is 34.6 Å². The average molecular weight is 440 g/mol. The Balaban J connectivity index is 1.76. The molecule has 0 aromatic heterocycles. The normalized spacial score (nSPS) is 15.1. The zero-order chi connectivity index (χ0) is 21.9. The topological polar surface area (TPSA) is 64.6 Å². The van der Waals surface area contributed by atoms with Gasteiger partial charge in [-0.1, -0.05) is 6.07 Å². The van der Waals surface area contributed by atoms with Gasteiger partial charge in [-0.3, -0.25) is 4.79 Å². The molecule has 2 aromatic carbocycles. The summed E-state index contributed by atoms with van der Waals surface area (Å²) in [6.07, 6.45) is 1.98. The summed E-state index contributed by atoms with van der Waals surface area (Å²) in [5.74, 6) is -2.74. The number of aryl methyl sites for hydroxylation is 1. The van der Waals surface area contributed by atoms with Crippen LogP contribution >= 0.6 is 11.8 Å². The molecule has 2 aromatic rings. The second kappa shape index (κ2) is 9.28. The second-order valence-corrected chi connectivity index (χ2v) is 8.43. The molecule has 1 amide bonds. The van der Waals surface area contributed by atoms with Gasteiger partial charge in [0.15, 0.2) is 11.6 Å². The minimum absolute atomic E-state index is 0.0649. The molecule has 0 bridgehead atoms. The molecule has 1 aliphatic heterocycles. The molecule has 0 unspecified atom stereocenters. The number of benzene rings is 2. The predicted molar refractivity (Wildman–Crippen MR) is 113 cm³/mol. The highest BCUT2D eigenvalue weighted by molar-refractivity contribution is 7.98. The van der Waals surface area contributed by atoms with Crippen molar-refractivity contribution in [1.82, 2.24) is 10.2 Å². The largest absolute Gasteiger partial charge is 0.385 e. The van der Waals surface area contributed by atoms with Crippen molar-refractivity contribution in [2.24, 2.45) is 0 Å². The minimum Gasteiger partial charge on any atom is -0.385 e. The van der Waals surface area contributed by atoms with Crippen LogP contribution < -0.4 is 10.6 Å². The summed E-state index contributed by atoms with van der Waals surface area (Å²) >= 11 is 1.68. The van der Waals surface area contributed by atoms with Crippen molar-refractivity contribution in [3.63, 3.8) is 0 Å². The van der Waals surface area contributed by atoms with E-state index in [-0.39, 0.29) is 24.3 Å². The number of amides is 1. The highest BCUT2D eigenvalue weighted by atomic mass is 32.2. The Hall–Kier alpha value is -2.23. The second-order valence-electron chi connectivity index (χ2n) is 7.45. The number of likely N-dealkylation sites (tertiary alicyclic amines) is 1. The van der Waals surface area contributed by atoms with E-state index in [2.05, 4.69) is 10.6 Å². The summed E-state index contributed by atoms with van der Waals surface area (Å²) in [6.45, 7) is 2.89. The molecule has 30 heavy (non-hydrogen) atoms. The van der Waals surface area contributed by atoms with Gasteiger partial charge in [-0.05, 0) is 43.0 Å². The summed E-state index contributed by atoms with van der Waals surface area (Å²) in [7, 11) is 0. The standard InChI is InChI=1S/C21H24F3N3O2S/c1-13-3-6-17(16(23)9-13)26-19-14(4-5-15(22)18(19)24)20(28)27-11-21(29,12-27)10-25-7-8-30-2/h3-6,9,25-26,29H,7-8,10-12H2,1-2H3. The molecular weight excluding hydrogens is 415 g/mol. The smallest absolute Gasteiger partial charge is 0.256 e. The first kappa shape index (κ1) is 22.5. The number of hydrogen-bond acceptors (Lipinski definition) is 5. The van der Waals surface area contributed by atoms with Gasteiger partial charge in [-0.2, -0.15) is 11.8 Å². The van der Waals surface area contributed by atoms with Crippen LogP contribution in [0.4, 0.5) is 24.5 Å². The van der Waals surface area contributed by atoms with E-state index in [4.69, 9.17) is 0 Å². The van der Waals surface area contributed by atoms with E-state index in [0.717, 1.165) is 24.4 Å². The number of hydrogen-bond donors (Lipinski definition) is 3. The predicted octanol–water partition coefficient (Wildman–Crippen LogP) is 3.30. The fourth-order valence-electron chi connectivity index (χ4n) is 3.29. The highest BCUT2D eigenvalue weighted by Gasteiger charge is 2.44. The number of anilines is 2. The molecule has 1 heterocycles. The highest BCUT2D eigenvalue weighted by Crippen LogP contribution is 2.31. The van der Waals surface area contributed by atoms with Crippen LogP contribution in [0.3, 0.4) is 0 Å². The van der Waals surface area contributed by atoms with Crippen LogP contribution in [0, 0.1) is 24.4 Å². The summed E-state index contributed by atoms with van der Waals surface area (Å²) in [4.78, 5) is 14.2. The van der Waals surface area contributed by atoms with Gasteiger partial charge < -0.3 is 20.6 Å². The van der Waals surface area contributed by atoms with Crippen molar-refractivity contribution in [3.8, 4) is 0 Å². The van der Waals surface area contributed by atoms with Gasteiger partial charge in [-0.15, -0.1) is 0 Å². The van der Waals surface area contributed by atoms with Crippen LogP contribution in [0.1, 0.15) is 15.9 Å². The Morgan fingerprint density at radius 1 is 1.20 bits per heavy atom. The molecule has 1 aliphatic rings. The number of carbonyl (C=O) groups is 1. The van der Waals surface area contributed by atoms with Crippen LogP contribution in [-0.2, 0) is 0 Å². The third-order valence-electron chi connectivity index (χ3n) is 4.90. The van der Waals surface area contributed by atoms with Crippen LogP contribution in [0.2, 0.25) is 0 Å². The number of nitrogens with one attached hydrogen (secondary N) is 2. The third-order valence-corrected chi connectivity index (χ3v) is 5.52. The number of thioether (sulfide) groups is 1. The third kappa shape index (κ3) is 4.91. The van der Waals surface area contributed by atoms with Crippen LogP contribution in [0.25, 0.3) is 0 Å². The lowest BCUT2D eigenvalue weighted by Gasteiger charge is -2.46. The van der Waals surface area contributed by atoms with Gasteiger partial charge in [0.2, 0.25) is 0 Å². The van der Waals surface area contributed by atoms with Crippen molar-refractivity contribution in [2.75, 3.05) is 43.5 Å². The average Bonchev–Trinajstić information content (AvgIpc) is 2.68. The zero-order valence-corrected chi connectivity index (χ0v) is 17.6. The summed E-state index contributed by atoms with van der Waals surface area (Å²) in [6, 6.07) is 6.27.